The van der Waals surface area contributed by atoms with E-state index < -0.39 is 24.3 Å². The van der Waals surface area contributed by atoms with Gasteiger partial charge in [0, 0.05) is 16.5 Å². The van der Waals surface area contributed by atoms with Gasteiger partial charge in [0.2, 0.25) is 0 Å². The van der Waals surface area contributed by atoms with E-state index in [2.05, 4.69) is 12.6 Å². The molecule has 0 N–H and O–H groups in total. The van der Waals surface area contributed by atoms with Gasteiger partial charge in [0.15, 0.2) is 0 Å². The van der Waals surface area contributed by atoms with Crippen LogP contribution in [-0.4, -0.2) is 16.9 Å². The summed E-state index contributed by atoms with van der Waals surface area (Å²) in [6, 6.07) is 24.9. The molecule has 0 saturated carbocycles. The number of amides is 1. The molecule has 0 bridgehead atoms. The van der Waals surface area contributed by atoms with Crippen LogP contribution in [0, 0.1) is 11.3 Å². The lowest BCUT2D eigenvalue weighted by Crippen LogP contribution is -2.51. The number of morpholine rings is 1. The van der Waals surface area contributed by atoms with Crippen molar-refractivity contribution in [3.05, 3.63) is 118 Å². The number of rotatable bonds is 6. The molecule has 3 aromatic rings. The Hall–Kier alpha value is -3.10. The number of hydrogen-bond acceptors (Lipinski definition) is 3. The summed E-state index contributed by atoms with van der Waals surface area (Å²) >= 11 is 12.5. The van der Waals surface area contributed by atoms with Crippen molar-refractivity contribution >= 4 is 29.1 Å². The second-order valence-electron chi connectivity index (χ2n) is 7.81. The number of carbonyl (C=O) groups is 1. The molecule has 166 valence electrons. The topological polar surface area (TPSA) is 53.3 Å². The molecule has 4 nitrogen and oxygen atoms in total. The summed E-state index contributed by atoms with van der Waals surface area (Å²) < 4.78 is 6.37. The summed E-state index contributed by atoms with van der Waals surface area (Å²) in [6.07, 6.45) is 0.663. The van der Waals surface area contributed by atoms with Gasteiger partial charge < -0.3 is 9.64 Å². The van der Waals surface area contributed by atoms with E-state index in [-0.39, 0.29) is 5.91 Å². The number of ether oxygens (including phenoxy) is 1. The maximum Gasteiger partial charge on any atom is 0.254 e. The van der Waals surface area contributed by atoms with Gasteiger partial charge in [-0.15, -0.1) is 6.58 Å². The number of carbonyl (C=O) groups excluding carboxylic acids is 1. The standard InChI is InChI=1S/C27H22Cl2N2O2/c1-2-7-24-27(32)31(23(17-30)18-8-4-3-5-9-18)25(19-12-14-21(28)15-13-19)26(33-24)20-10-6-11-22(29)16-20/h2-6,8-16,23-26H,1,7H2/t23-,24-,25+,26-/m1/s1. The monoisotopic (exact) mass is 476 g/mol. The molecule has 0 unspecified atom stereocenters. The van der Waals surface area contributed by atoms with Gasteiger partial charge in [0.25, 0.3) is 5.91 Å². The Labute approximate surface area is 203 Å². The number of nitriles is 1. The molecule has 1 saturated heterocycles. The predicted octanol–water partition coefficient (Wildman–Crippen LogP) is 6.84. The van der Waals surface area contributed by atoms with Crippen molar-refractivity contribution in [2.24, 2.45) is 0 Å². The van der Waals surface area contributed by atoms with Crippen molar-refractivity contribution in [2.45, 2.75) is 30.7 Å². The first kappa shape index (κ1) is 23.1. The number of hydrogen-bond donors (Lipinski definition) is 0. The largest absolute Gasteiger partial charge is 0.358 e. The summed E-state index contributed by atoms with van der Waals surface area (Å²) in [6.45, 7) is 3.78. The highest BCUT2D eigenvalue weighted by Crippen LogP contribution is 2.46. The minimum atomic E-state index is -0.808. The Bertz CT molecular complexity index is 1170. The Morgan fingerprint density at radius 3 is 2.36 bits per heavy atom. The van der Waals surface area contributed by atoms with Crippen molar-refractivity contribution in [3.63, 3.8) is 0 Å². The van der Waals surface area contributed by atoms with E-state index in [1.54, 1.807) is 29.2 Å². The summed E-state index contributed by atoms with van der Waals surface area (Å²) in [5.74, 6) is -0.261. The smallest absolute Gasteiger partial charge is 0.254 e. The van der Waals surface area contributed by atoms with Crippen molar-refractivity contribution < 1.29 is 9.53 Å². The molecular weight excluding hydrogens is 455 g/mol. The first-order valence-corrected chi connectivity index (χ1v) is 11.3. The van der Waals surface area contributed by atoms with Gasteiger partial charge in [0.05, 0.1) is 12.1 Å². The molecule has 0 spiro atoms. The Morgan fingerprint density at radius 2 is 1.73 bits per heavy atom. The van der Waals surface area contributed by atoms with Crippen LogP contribution in [0.5, 0.6) is 0 Å². The molecule has 0 aromatic heterocycles. The minimum absolute atomic E-state index is 0.261. The van der Waals surface area contributed by atoms with Crippen LogP contribution in [0.1, 0.15) is 41.3 Å². The van der Waals surface area contributed by atoms with Crippen LogP contribution in [0.15, 0.2) is 91.5 Å². The first-order chi connectivity index (χ1) is 16.0. The van der Waals surface area contributed by atoms with Crippen LogP contribution in [0.25, 0.3) is 0 Å². The maximum absolute atomic E-state index is 13.7. The Balaban J connectivity index is 1.91. The molecular formula is C27H22Cl2N2O2. The highest BCUT2D eigenvalue weighted by molar-refractivity contribution is 6.30. The van der Waals surface area contributed by atoms with E-state index in [4.69, 9.17) is 27.9 Å². The van der Waals surface area contributed by atoms with Crippen LogP contribution >= 0.6 is 23.2 Å². The minimum Gasteiger partial charge on any atom is -0.358 e. The van der Waals surface area contributed by atoms with Crippen LogP contribution in [0.4, 0.5) is 0 Å². The molecule has 4 rings (SSSR count). The van der Waals surface area contributed by atoms with Gasteiger partial charge in [-0.2, -0.15) is 5.26 Å². The SMILES string of the molecule is C=CC[C@H]1O[C@H](c2cccc(Cl)c2)[C@H](c2ccc(Cl)cc2)N([C@H](C#N)c2ccccc2)C1=O. The lowest BCUT2D eigenvalue weighted by Gasteiger charge is -2.46. The molecule has 6 heteroatoms. The van der Waals surface area contributed by atoms with Crippen molar-refractivity contribution in [2.75, 3.05) is 0 Å². The lowest BCUT2D eigenvalue weighted by atomic mass is 9.89. The zero-order valence-electron chi connectivity index (χ0n) is 17.8. The molecule has 1 amide bonds. The highest BCUT2D eigenvalue weighted by atomic mass is 35.5. The van der Waals surface area contributed by atoms with E-state index in [1.807, 2.05) is 60.7 Å². The predicted molar refractivity (Wildman–Crippen MR) is 130 cm³/mol. The Morgan fingerprint density at radius 1 is 1.00 bits per heavy atom. The zero-order valence-corrected chi connectivity index (χ0v) is 19.3. The fraction of sp³-hybridized carbons (Fsp3) is 0.185. The van der Waals surface area contributed by atoms with Gasteiger partial charge in [-0.25, -0.2) is 0 Å². The quantitative estimate of drug-likeness (QED) is 0.365. The average molecular weight is 477 g/mol. The van der Waals surface area contributed by atoms with E-state index in [9.17, 15) is 10.1 Å². The van der Waals surface area contributed by atoms with E-state index in [0.717, 1.165) is 16.7 Å². The number of halogens is 2. The van der Waals surface area contributed by atoms with Crippen LogP contribution < -0.4 is 0 Å². The number of nitrogens with zero attached hydrogens (tertiary/aromatic N) is 2. The average Bonchev–Trinajstić information content (AvgIpc) is 2.83. The molecule has 1 fully saturated rings. The van der Waals surface area contributed by atoms with E-state index in [1.165, 1.54) is 0 Å². The Kier molecular flexibility index (Phi) is 7.15. The highest BCUT2D eigenvalue weighted by Gasteiger charge is 2.47. The molecule has 0 aliphatic carbocycles. The third-order valence-electron chi connectivity index (χ3n) is 5.71. The summed E-state index contributed by atoms with van der Waals surface area (Å²) in [5.41, 5.74) is 2.36. The van der Waals surface area contributed by atoms with Gasteiger partial charge >= 0.3 is 0 Å². The molecule has 0 radical (unpaired) electrons. The molecule has 1 aliphatic rings. The zero-order chi connectivity index (χ0) is 23.4. The van der Waals surface area contributed by atoms with Gasteiger partial charge in [-0.3, -0.25) is 4.79 Å². The molecule has 3 aromatic carbocycles. The molecule has 4 atom stereocenters. The third kappa shape index (κ3) is 4.82. The number of benzene rings is 3. The van der Waals surface area contributed by atoms with Gasteiger partial charge in [0.1, 0.15) is 18.2 Å². The lowest BCUT2D eigenvalue weighted by molar-refractivity contribution is -0.177. The van der Waals surface area contributed by atoms with Crippen molar-refractivity contribution in [3.8, 4) is 6.07 Å². The third-order valence-corrected chi connectivity index (χ3v) is 6.20. The summed E-state index contributed by atoms with van der Waals surface area (Å²) in [5, 5.41) is 11.4. The fourth-order valence-corrected chi connectivity index (χ4v) is 4.55. The van der Waals surface area contributed by atoms with Crippen LogP contribution in [0.3, 0.4) is 0 Å². The molecule has 1 heterocycles. The second-order valence-corrected chi connectivity index (χ2v) is 8.68. The van der Waals surface area contributed by atoms with Crippen LogP contribution in [0.2, 0.25) is 10.0 Å². The second kappa shape index (κ2) is 10.2. The van der Waals surface area contributed by atoms with Gasteiger partial charge in [-0.1, -0.05) is 83.9 Å². The fourth-order valence-electron chi connectivity index (χ4n) is 4.23. The first-order valence-electron chi connectivity index (χ1n) is 10.6. The van der Waals surface area contributed by atoms with Crippen molar-refractivity contribution in [1.82, 2.24) is 4.90 Å². The van der Waals surface area contributed by atoms with Crippen molar-refractivity contribution in [1.29, 1.82) is 5.26 Å². The van der Waals surface area contributed by atoms with Gasteiger partial charge in [-0.05, 0) is 41.0 Å². The summed E-state index contributed by atoms with van der Waals surface area (Å²) in [4.78, 5) is 15.4. The summed E-state index contributed by atoms with van der Waals surface area (Å²) in [7, 11) is 0. The molecule has 1 aliphatic heterocycles. The molecule has 33 heavy (non-hydrogen) atoms. The maximum atomic E-state index is 13.7. The van der Waals surface area contributed by atoms with E-state index >= 15 is 0 Å². The normalized spacial score (nSPS) is 21.3. The van der Waals surface area contributed by atoms with E-state index in [0.29, 0.717) is 16.5 Å². The van der Waals surface area contributed by atoms with Crippen LogP contribution in [-0.2, 0) is 9.53 Å².